The Morgan fingerprint density at radius 1 is 1.39 bits per heavy atom. The highest BCUT2D eigenvalue weighted by Crippen LogP contribution is 2.47. The molecule has 1 aromatic rings. The average molecular weight is 316 g/mol. The third-order valence-corrected chi connectivity index (χ3v) is 5.82. The second-order valence-electron chi connectivity index (χ2n) is 7.36. The molecule has 1 amide bonds. The van der Waals surface area contributed by atoms with E-state index in [1.807, 2.05) is 31.6 Å². The number of fused-ring (bicyclic) bond motifs is 1. The summed E-state index contributed by atoms with van der Waals surface area (Å²) in [4.78, 5) is 18.9. The van der Waals surface area contributed by atoms with Crippen LogP contribution in [0.5, 0.6) is 0 Å². The molecule has 3 atom stereocenters. The fourth-order valence-corrected chi connectivity index (χ4v) is 4.42. The lowest BCUT2D eigenvalue weighted by Gasteiger charge is -2.42. The molecule has 1 saturated heterocycles. The number of nitrogens with zero attached hydrogens (tertiary/aromatic N) is 2. The van der Waals surface area contributed by atoms with Crippen molar-refractivity contribution in [1.29, 1.82) is 0 Å². The van der Waals surface area contributed by atoms with E-state index in [2.05, 4.69) is 16.8 Å². The number of methoxy groups -OCH3 is 1. The lowest BCUT2D eigenvalue weighted by atomic mass is 9.71. The zero-order chi connectivity index (χ0) is 16.3. The normalized spacial score (nSPS) is 30.3. The Labute approximate surface area is 139 Å². The first-order chi connectivity index (χ1) is 11.1. The maximum atomic E-state index is 12.7. The van der Waals surface area contributed by atoms with Crippen molar-refractivity contribution >= 4 is 5.91 Å². The molecular weight excluding hydrogens is 288 g/mol. The molecule has 1 aromatic heterocycles. The molecule has 0 unspecified atom stereocenters. The fourth-order valence-electron chi connectivity index (χ4n) is 4.42. The van der Waals surface area contributed by atoms with Crippen molar-refractivity contribution in [2.45, 2.75) is 64.0 Å². The second kappa shape index (κ2) is 7.00. The van der Waals surface area contributed by atoms with Crippen LogP contribution in [0.1, 0.15) is 51.0 Å². The molecule has 1 aliphatic heterocycles. The molecule has 2 aliphatic rings. The van der Waals surface area contributed by atoms with Gasteiger partial charge in [-0.05, 0) is 61.6 Å². The van der Waals surface area contributed by atoms with Crippen molar-refractivity contribution in [2.75, 3.05) is 13.7 Å². The molecule has 2 fully saturated rings. The van der Waals surface area contributed by atoms with E-state index in [0.717, 1.165) is 45.1 Å². The van der Waals surface area contributed by atoms with E-state index in [1.165, 1.54) is 5.56 Å². The first-order valence-corrected chi connectivity index (χ1v) is 8.83. The Hall–Kier alpha value is -1.42. The number of hydrogen-bond acceptors (Lipinski definition) is 3. The zero-order valence-corrected chi connectivity index (χ0v) is 14.3. The Balaban J connectivity index is 1.52. The topological polar surface area (TPSA) is 42.4 Å². The SMILES string of the molecule is CO[C@@H]1CC[C@H]2N(C(=O)CCCc3ccncc3)CC[C@@]2(C)C1. The Morgan fingerprint density at radius 2 is 2.17 bits per heavy atom. The number of carbonyl (C=O) groups is 1. The van der Waals surface area contributed by atoms with Crippen molar-refractivity contribution in [3.8, 4) is 0 Å². The van der Waals surface area contributed by atoms with Crippen LogP contribution < -0.4 is 0 Å². The number of ether oxygens (including phenoxy) is 1. The van der Waals surface area contributed by atoms with Gasteiger partial charge in [0.05, 0.1) is 6.10 Å². The van der Waals surface area contributed by atoms with E-state index in [1.54, 1.807) is 0 Å². The highest BCUT2D eigenvalue weighted by Gasteiger charge is 2.48. The van der Waals surface area contributed by atoms with E-state index in [4.69, 9.17) is 4.74 Å². The van der Waals surface area contributed by atoms with E-state index in [-0.39, 0.29) is 5.41 Å². The lowest BCUT2D eigenvalue weighted by Crippen LogP contribution is -2.46. The average Bonchev–Trinajstić information content (AvgIpc) is 2.92. The van der Waals surface area contributed by atoms with Gasteiger partial charge >= 0.3 is 0 Å². The summed E-state index contributed by atoms with van der Waals surface area (Å²) in [6.07, 6.45) is 10.9. The van der Waals surface area contributed by atoms with Gasteiger partial charge in [-0.25, -0.2) is 0 Å². The molecule has 4 heteroatoms. The standard InChI is InChI=1S/C19H28N2O2/c1-19-10-13-21(17(19)7-6-16(14-19)23-2)18(22)5-3-4-15-8-11-20-12-9-15/h8-9,11-12,16-17H,3-7,10,13-14H2,1-2H3/t16-,17-,19+/m1/s1. The number of likely N-dealkylation sites (tertiary alicyclic amines) is 1. The van der Waals surface area contributed by atoms with Crippen LogP contribution in [0.4, 0.5) is 0 Å². The predicted molar refractivity (Wildman–Crippen MR) is 90.0 cm³/mol. The van der Waals surface area contributed by atoms with Crippen LogP contribution in [0, 0.1) is 5.41 Å². The lowest BCUT2D eigenvalue weighted by molar-refractivity contribution is -0.134. The highest BCUT2D eigenvalue weighted by atomic mass is 16.5. The summed E-state index contributed by atoms with van der Waals surface area (Å²) in [6, 6.07) is 4.48. The summed E-state index contributed by atoms with van der Waals surface area (Å²) in [6.45, 7) is 3.26. The Kier molecular flexibility index (Phi) is 5.00. The summed E-state index contributed by atoms with van der Waals surface area (Å²) < 4.78 is 5.57. The molecule has 126 valence electrons. The molecule has 0 aromatic carbocycles. The van der Waals surface area contributed by atoms with E-state index in [9.17, 15) is 4.79 Å². The smallest absolute Gasteiger partial charge is 0.222 e. The highest BCUT2D eigenvalue weighted by molar-refractivity contribution is 5.77. The van der Waals surface area contributed by atoms with Gasteiger partial charge in [0.2, 0.25) is 5.91 Å². The van der Waals surface area contributed by atoms with Crippen LogP contribution in [0.3, 0.4) is 0 Å². The van der Waals surface area contributed by atoms with Crippen molar-refractivity contribution in [3.63, 3.8) is 0 Å². The van der Waals surface area contributed by atoms with Gasteiger partial charge in [-0.2, -0.15) is 0 Å². The molecule has 0 radical (unpaired) electrons. The van der Waals surface area contributed by atoms with Crippen LogP contribution >= 0.6 is 0 Å². The summed E-state index contributed by atoms with van der Waals surface area (Å²) >= 11 is 0. The number of hydrogen-bond donors (Lipinski definition) is 0. The minimum Gasteiger partial charge on any atom is -0.381 e. The monoisotopic (exact) mass is 316 g/mol. The molecule has 2 heterocycles. The molecule has 1 aliphatic carbocycles. The van der Waals surface area contributed by atoms with Crippen LogP contribution in [0.25, 0.3) is 0 Å². The molecular formula is C19H28N2O2. The number of rotatable bonds is 5. The minimum atomic E-state index is 0.250. The molecule has 3 rings (SSSR count). The maximum absolute atomic E-state index is 12.7. The van der Waals surface area contributed by atoms with Crippen LogP contribution in [-0.4, -0.2) is 41.6 Å². The fraction of sp³-hybridized carbons (Fsp3) is 0.684. The summed E-state index contributed by atoms with van der Waals surface area (Å²) in [5.74, 6) is 0.337. The number of amides is 1. The summed E-state index contributed by atoms with van der Waals surface area (Å²) in [5.41, 5.74) is 1.51. The molecule has 23 heavy (non-hydrogen) atoms. The van der Waals surface area contributed by atoms with Crippen LogP contribution in [0.2, 0.25) is 0 Å². The van der Waals surface area contributed by atoms with Gasteiger partial charge in [0.25, 0.3) is 0 Å². The number of aromatic nitrogens is 1. The Morgan fingerprint density at radius 3 is 2.91 bits per heavy atom. The summed E-state index contributed by atoms with van der Waals surface area (Å²) in [5, 5.41) is 0. The molecule has 0 bridgehead atoms. The number of carbonyl (C=O) groups excluding carboxylic acids is 1. The van der Waals surface area contributed by atoms with Gasteiger partial charge in [-0.1, -0.05) is 6.92 Å². The van der Waals surface area contributed by atoms with E-state index < -0.39 is 0 Å². The number of pyridine rings is 1. The van der Waals surface area contributed by atoms with E-state index >= 15 is 0 Å². The minimum absolute atomic E-state index is 0.250. The predicted octanol–water partition coefficient (Wildman–Crippen LogP) is 3.21. The molecule has 1 saturated carbocycles. The van der Waals surface area contributed by atoms with Crippen molar-refractivity contribution in [2.24, 2.45) is 5.41 Å². The Bertz CT molecular complexity index is 533. The van der Waals surface area contributed by atoms with Gasteiger partial charge in [0.1, 0.15) is 0 Å². The quantitative estimate of drug-likeness (QED) is 0.837. The summed E-state index contributed by atoms with van der Waals surface area (Å²) in [7, 11) is 1.81. The number of aryl methyl sites for hydroxylation is 1. The molecule has 4 nitrogen and oxygen atoms in total. The van der Waals surface area contributed by atoms with Gasteiger partial charge in [0, 0.05) is 38.5 Å². The van der Waals surface area contributed by atoms with Gasteiger partial charge < -0.3 is 9.64 Å². The van der Waals surface area contributed by atoms with Gasteiger partial charge in [-0.3, -0.25) is 9.78 Å². The molecule has 0 spiro atoms. The van der Waals surface area contributed by atoms with Crippen LogP contribution in [-0.2, 0) is 16.0 Å². The second-order valence-corrected chi connectivity index (χ2v) is 7.36. The van der Waals surface area contributed by atoms with Crippen molar-refractivity contribution in [3.05, 3.63) is 30.1 Å². The molecule has 0 N–H and O–H groups in total. The third-order valence-electron chi connectivity index (χ3n) is 5.82. The van der Waals surface area contributed by atoms with Crippen molar-refractivity contribution in [1.82, 2.24) is 9.88 Å². The first kappa shape index (κ1) is 16.4. The zero-order valence-electron chi connectivity index (χ0n) is 14.3. The van der Waals surface area contributed by atoms with Crippen LogP contribution in [0.15, 0.2) is 24.5 Å². The van der Waals surface area contributed by atoms with Gasteiger partial charge in [0.15, 0.2) is 0 Å². The van der Waals surface area contributed by atoms with E-state index in [0.29, 0.717) is 24.5 Å². The maximum Gasteiger partial charge on any atom is 0.222 e. The van der Waals surface area contributed by atoms with Gasteiger partial charge in [-0.15, -0.1) is 0 Å². The largest absolute Gasteiger partial charge is 0.381 e. The third kappa shape index (κ3) is 3.57. The van der Waals surface area contributed by atoms with Crippen molar-refractivity contribution < 1.29 is 9.53 Å². The first-order valence-electron chi connectivity index (χ1n) is 8.83.